The second-order valence-electron chi connectivity index (χ2n) is 4.81. The van der Waals surface area contributed by atoms with Crippen molar-refractivity contribution in [3.63, 3.8) is 0 Å². The predicted molar refractivity (Wildman–Crippen MR) is 84.2 cm³/mol. The van der Waals surface area contributed by atoms with E-state index in [0.717, 1.165) is 26.6 Å². The van der Waals surface area contributed by atoms with Gasteiger partial charge in [-0.15, -0.1) is 0 Å². The van der Waals surface area contributed by atoms with Crippen LogP contribution >= 0.6 is 31.9 Å². The SMILES string of the molecule is CC(C)Cc1cc(=O)[nH]c(-c2ccc(Br)c(Br)c2)n1. The van der Waals surface area contributed by atoms with E-state index in [1.165, 1.54) is 0 Å². The third kappa shape index (κ3) is 3.76. The van der Waals surface area contributed by atoms with Crippen molar-refractivity contribution in [3.05, 3.63) is 49.3 Å². The Bertz CT molecular complexity index is 650. The largest absolute Gasteiger partial charge is 0.307 e. The highest BCUT2D eigenvalue weighted by molar-refractivity contribution is 9.13. The van der Waals surface area contributed by atoms with Crippen LogP contribution in [-0.2, 0) is 6.42 Å². The number of H-pyrrole nitrogens is 1. The number of hydrogen-bond donors (Lipinski definition) is 1. The normalized spacial score (nSPS) is 11.0. The molecule has 2 aromatic rings. The number of halogens is 2. The molecule has 0 fully saturated rings. The molecule has 0 saturated carbocycles. The summed E-state index contributed by atoms with van der Waals surface area (Å²) in [4.78, 5) is 19.0. The molecule has 1 aromatic carbocycles. The van der Waals surface area contributed by atoms with Crippen molar-refractivity contribution in [1.82, 2.24) is 9.97 Å². The lowest BCUT2D eigenvalue weighted by Gasteiger charge is -2.07. The van der Waals surface area contributed by atoms with Gasteiger partial charge >= 0.3 is 0 Å². The number of aromatic nitrogens is 2. The van der Waals surface area contributed by atoms with E-state index in [1.54, 1.807) is 6.07 Å². The van der Waals surface area contributed by atoms with Crippen LogP contribution in [0.5, 0.6) is 0 Å². The van der Waals surface area contributed by atoms with Gasteiger partial charge in [0.25, 0.3) is 5.56 Å². The second kappa shape index (κ2) is 6.01. The molecule has 0 amide bonds. The Balaban J connectivity index is 2.46. The number of benzene rings is 1. The van der Waals surface area contributed by atoms with Crippen LogP contribution in [0.1, 0.15) is 19.5 Å². The molecule has 0 aliphatic rings. The summed E-state index contributed by atoms with van der Waals surface area (Å²) in [5.41, 5.74) is 1.60. The van der Waals surface area contributed by atoms with E-state index >= 15 is 0 Å². The van der Waals surface area contributed by atoms with Crippen LogP contribution in [0.15, 0.2) is 38.0 Å². The van der Waals surface area contributed by atoms with Gasteiger partial charge in [0.05, 0.1) is 0 Å². The molecule has 0 unspecified atom stereocenters. The number of nitrogens with one attached hydrogen (secondary N) is 1. The van der Waals surface area contributed by atoms with Gasteiger partial charge in [0.2, 0.25) is 0 Å². The molecule has 0 aliphatic heterocycles. The minimum Gasteiger partial charge on any atom is -0.307 e. The first-order chi connectivity index (χ1) is 8.95. The van der Waals surface area contributed by atoms with Gasteiger partial charge in [0.15, 0.2) is 0 Å². The summed E-state index contributed by atoms with van der Waals surface area (Å²) < 4.78 is 1.90. The van der Waals surface area contributed by atoms with E-state index < -0.39 is 0 Å². The Morgan fingerprint density at radius 2 is 1.95 bits per heavy atom. The highest BCUT2D eigenvalue weighted by atomic mass is 79.9. The minimum absolute atomic E-state index is 0.111. The molecule has 0 bridgehead atoms. The van der Waals surface area contributed by atoms with Crippen molar-refractivity contribution in [2.45, 2.75) is 20.3 Å². The lowest BCUT2D eigenvalue weighted by Crippen LogP contribution is -2.11. The highest BCUT2D eigenvalue weighted by Crippen LogP contribution is 2.27. The molecule has 0 aliphatic carbocycles. The Kier molecular flexibility index (Phi) is 4.58. The van der Waals surface area contributed by atoms with E-state index in [-0.39, 0.29) is 5.56 Å². The van der Waals surface area contributed by atoms with E-state index in [4.69, 9.17) is 0 Å². The van der Waals surface area contributed by atoms with Gasteiger partial charge in [-0.25, -0.2) is 4.98 Å². The molecule has 1 heterocycles. The maximum absolute atomic E-state index is 11.7. The van der Waals surface area contributed by atoms with E-state index in [1.807, 2.05) is 18.2 Å². The Morgan fingerprint density at radius 1 is 1.21 bits per heavy atom. The first-order valence-electron chi connectivity index (χ1n) is 6.01. The summed E-state index contributed by atoms with van der Waals surface area (Å²) >= 11 is 6.88. The molecule has 1 aromatic heterocycles. The Morgan fingerprint density at radius 3 is 2.58 bits per heavy atom. The fourth-order valence-electron chi connectivity index (χ4n) is 1.81. The summed E-state index contributed by atoms with van der Waals surface area (Å²) in [5, 5.41) is 0. The average molecular weight is 386 g/mol. The zero-order valence-electron chi connectivity index (χ0n) is 10.7. The van der Waals surface area contributed by atoms with Gasteiger partial charge in [0, 0.05) is 26.3 Å². The molecule has 0 spiro atoms. The molecule has 2 rings (SSSR count). The summed E-state index contributed by atoms with van der Waals surface area (Å²) in [6.45, 7) is 4.22. The zero-order chi connectivity index (χ0) is 14.0. The number of hydrogen-bond acceptors (Lipinski definition) is 2. The molecule has 1 N–H and O–H groups in total. The van der Waals surface area contributed by atoms with Crippen molar-refractivity contribution in [2.75, 3.05) is 0 Å². The van der Waals surface area contributed by atoms with Crippen LogP contribution in [0.3, 0.4) is 0 Å². The monoisotopic (exact) mass is 384 g/mol. The third-order valence-electron chi connectivity index (χ3n) is 2.61. The Labute approximate surface area is 128 Å². The molecule has 19 heavy (non-hydrogen) atoms. The first-order valence-corrected chi connectivity index (χ1v) is 7.60. The fourth-order valence-corrected chi connectivity index (χ4v) is 2.44. The molecule has 0 saturated heterocycles. The smallest absolute Gasteiger partial charge is 0.251 e. The Hall–Kier alpha value is -0.940. The first kappa shape index (κ1) is 14.5. The number of aromatic amines is 1. The third-order valence-corrected chi connectivity index (χ3v) is 4.48. The summed E-state index contributed by atoms with van der Waals surface area (Å²) in [6.07, 6.45) is 0.800. The topological polar surface area (TPSA) is 45.8 Å². The van der Waals surface area contributed by atoms with Crippen LogP contribution in [-0.4, -0.2) is 9.97 Å². The summed E-state index contributed by atoms with van der Waals surface area (Å²) in [6, 6.07) is 7.35. The van der Waals surface area contributed by atoms with Gasteiger partial charge in [0.1, 0.15) is 5.82 Å². The van der Waals surface area contributed by atoms with Crippen molar-refractivity contribution in [2.24, 2.45) is 5.92 Å². The highest BCUT2D eigenvalue weighted by Gasteiger charge is 2.07. The molecule has 0 atom stereocenters. The quantitative estimate of drug-likeness (QED) is 0.861. The van der Waals surface area contributed by atoms with Gasteiger partial charge in [-0.2, -0.15) is 0 Å². The molecule has 100 valence electrons. The van der Waals surface area contributed by atoms with E-state index in [0.29, 0.717) is 11.7 Å². The van der Waals surface area contributed by atoms with E-state index in [9.17, 15) is 4.79 Å². The van der Waals surface area contributed by atoms with Crippen LogP contribution in [0.2, 0.25) is 0 Å². The zero-order valence-corrected chi connectivity index (χ0v) is 13.9. The lowest BCUT2D eigenvalue weighted by molar-refractivity contribution is 0.634. The van der Waals surface area contributed by atoms with Crippen molar-refractivity contribution in [3.8, 4) is 11.4 Å². The van der Waals surface area contributed by atoms with Gasteiger partial charge in [-0.1, -0.05) is 19.9 Å². The average Bonchev–Trinajstić information content (AvgIpc) is 2.31. The van der Waals surface area contributed by atoms with Crippen LogP contribution in [0.25, 0.3) is 11.4 Å². The fraction of sp³-hybridized carbons (Fsp3) is 0.286. The van der Waals surface area contributed by atoms with Crippen molar-refractivity contribution >= 4 is 31.9 Å². The van der Waals surface area contributed by atoms with Crippen molar-refractivity contribution < 1.29 is 0 Å². The predicted octanol–water partition coefficient (Wildman–Crippen LogP) is 4.16. The number of nitrogens with zero attached hydrogens (tertiary/aromatic N) is 1. The number of rotatable bonds is 3. The summed E-state index contributed by atoms with van der Waals surface area (Å²) in [7, 11) is 0. The van der Waals surface area contributed by atoms with E-state index in [2.05, 4.69) is 55.7 Å². The van der Waals surface area contributed by atoms with Gasteiger partial charge < -0.3 is 4.98 Å². The van der Waals surface area contributed by atoms with Crippen LogP contribution < -0.4 is 5.56 Å². The maximum atomic E-state index is 11.7. The standard InChI is InChI=1S/C14H14Br2N2O/c1-8(2)5-10-7-13(19)18-14(17-10)9-3-4-11(15)12(16)6-9/h3-4,6-8H,5H2,1-2H3,(H,17,18,19). The molecule has 0 radical (unpaired) electrons. The summed E-state index contributed by atoms with van der Waals surface area (Å²) in [5.74, 6) is 1.08. The van der Waals surface area contributed by atoms with Crippen LogP contribution in [0.4, 0.5) is 0 Å². The molecule has 5 heteroatoms. The van der Waals surface area contributed by atoms with Crippen LogP contribution in [0, 0.1) is 5.92 Å². The molecular formula is C14H14Br2N2O. The van der Waals surface area contributed by atoms with Gasteiger partial charge in [-0.05, 0) is 56.3 Å². The lowest BCUT2D eigenvalue weighted by atomic mass is 10.1. The molecular weight excluding hydrogens is 372 g/mol. The molecule has 3 nitrogen and oxygen atoms in total. The van der Waals surface area contributed by atoms with Gasteiger partial charge in [-0.3, -0.25) is 4.79 Å². The second-order valence-corrected chi connectivity index (χ2v) is 6.52. The van der Waals surface area contributed by atoms with Crippen molar-refractivity contribution in [1.29, 1.82) is 0 Å². The maximum Gasteiger partial charge on any atom is 0.251 e. The minimum atomic E-state index is -0.111.